The lowest BCUT2D eigenvalue weighted by atomic mass is 10.1. The molecule has 0 radical (unpaired) electrons. The van der Waals surface area contributed by atoms with Crippen LogP contribution < -0.4 is 15.8 Å². The van der Waals surface area contributed by atoms with E-state index in [0.717, 1.165) is 5.69 Å². The standard InChI is InChI=1S/C14H13FN2O3/c1-16-13(18)11-4-8-2-3-10(17-6-9(15)7-17)5-12(8)20-14(11)19/h2-5,9H,6-7H2,1H3,(H,16,18). The molecular formula is C14H13FN2O3. The SMILES string of the molecule is CNC(=O)c1cc2ccc(N3CC(F)C3)cc2oc1=O. The third kappa shape index (κ3) is 2.03. The molecule has 20 heavy (non-hydrogen) atoms. The molecule has 1 fully saturated rings. The third-order valence-corrected chi connectivity index (χ3v) is 3.39. The maximum Gasteiger partial charge on any atom is 0.349 e. The van der Waals surface area contributed by atoms with Gasteiger partial charge in [0.05, 0.1) is 13.1 Å². The van der Waals surface area contributed by atoms with Gasteiger partial charge in [0.15, 0.2) is 0 Å². The summed E-state index contributed by atoms with van der Waals surface area (Å²) < 4.78 is 18.0. The first-order valence-corrected chi connectivity index (χ1v) is 6.27. The highest BCUT2D eigenvalue weighted by atomic mass is 19.1. The lowest BCUT2D eigenvalue weighted by Crippen LogP contribution is -2.48. The van der Waals surface area contributed by atoms with Gasteiger partial charge in [0, 0.05) is 24.2 Å². The van der Waals surface area contributed by atoms with E-state index in [4.69, 9.17) is 4.42 Å². The van der Waals surface area contributed by atoms with Gasteiger partial charge in [-0.1, -0.05) is 0 Å². The van der Waals surface area contributed by atoms with Crippen LogP contribution in [0.4, 0.5) is 10.1 Å². The first-order chi connectivity index (χ1) is 9.58. The monoisotopic (exact) mass is 276 g/mol. The number of anilines is 1. The van der Waals surface area contributed by atoms with Gasteiger partial charge in [-0.05, 0) is 18.2 Å². The normalized spacial score (nSPS) is 15.2. The number of rotatable bonds is 2. The highest BCUT2D eigenvalue weighted by Gasteiger charge is 2.26. The molecule has 0 atom stereocenters. The Morgan fingerprint density at radius 3 is 2.80 bits per heavy atom. The first kappa shape index (κ1) is 12.7. The second kappa shape index (κ2) is 4.63. The van der Waals surface area contributed by atoms with Crippen LogP contribution in [0.15, 0.2) is 33.5 Å². The molecule has 1 aromatic heterocycles. The molecule has 0 saturated carbocycles. The third-order valence-electron chi connectivity index (χ3n) is 3.39. The Labute approximate surface area is 114 Å². The van der Waals surface area contributed by atoms with Crippen molar-refractivity contribution in [2.45, 2.75) is 6.17 Å². The smallest absolute Gasteiger partial charge is 0.349 e. The minimum atomic E-state index is -0.798. The van der Waals surface area contributed by atoms with Crippen molar-refractivity contribution in [1.29, 1.82) is 0 Å². The molecule has 1 amide bonds. The van der Waals surface area contributed by atoms with E-state index in [-0.39, 0.29) is 5.56 Å². The van der Waals surface area contributed by atoms with E-state index in [1.54, 1.807) is 12.1 Å². The lowest BCUT2D eigenvalue weighted by molar-refractivity contribution is 0.0959. The fraction of sp³-hybridized carbons (Fsp3) is 0.286. The number of amides is 1. The van der Waals surface area contributed by atoms with E-state index >= 15 is 0 Å². The molecule has 0 unspecified atom stereocenters. The highest BCUT2D eigenvalue weighted by molar-refractivity contribution is 5.96. The number of hydrogen-bond acceptors (Lipinski definition) is 4. The van der Waals surface area contributed by atoms with Crippen molar-refractivity contribution >= 4 is 22.6 Å². The number of hydrogen-bond donors (Lipinski definition) is 1. The number of halogens is 1. The Morgan fingerprint density at radius 2 is 2.15 bits per heavy atom. The number of carbonyl (C=O) groups is 1. The summed E-state index contributed by atoms with van der Waals surface area (Å²) >= 11 is 0. The Hall–Kier alpha value is -2.37. The van der Waals surface area contributed by atoms with Gasteiger partial charge in [-0.2, -0.15) is 0 Å². The summed E-state index contributed by atoms with van der Waals surface area (Å²) in [5.74, 6) is -0.479. The quantitative estimate of drug-likeness (QED) is 0.840. The number of nitrogens with zero attached hydrogens (tertiary/aromatic N) is 1. The predicted molar refractivity (Wildman–Crippen MR) is 73.0 cm³/mol. The van der Waals surface area contributed by atoms with Crippen LogP contribution in [0.3, 0.4) is 0 Å². The van der Waals surface area contributed by atoms with Crippen LogP contribution in [0.2, 0.25) is 0 Å². The molecule has 5 nitrogen and oxygen atoms in total. The van der Waals surface area contributed by atoms with Crippen molar-refractivity contribution in [2.24, 2.45) is 0 Å². The van der Waals surface area contributed by atoms with Crippen LogP contribution in [-0.4, -0.2) is 32.2 Å². The second-order valence-electron chi connectivity index (χ2n) is 4.75. The number of nitrogens with one attached hydrogen (secondary N) is 1. The molecule has 1 saturated heterocycles. The van der Waals surface area contributed by atoms with Crippen molar-refractivity contribution in [1.82, 2.24) is 5.32 Å². The maximum atomic E-state index is 12.9. The Balaban J connectivity index is 2.03. The lowest BCUT2D eigenvalue weighted by Gasteiger charge is -2.36. The molecular weight excluding hydrogens is 263 g/mol. The van der Waals surface area contributed by atoms with Crippen LogP contribution in [0.1, 0.15) is 10.4 Å². The second-order valence-corrected chi connectivity index (χ2v) is 4.75. The predicted octanol–water partition coefficient (Wildman–Crippen LogP) is 1.31. The molecule has 1 aromatic carbocycles. The van der Waals surface area contributed by atoms with Gasteiger partial charge in [0.25, 0.3) is 5.91 Å². The molecule has 0 spiro atoms. The van der Waals surface area contributed by atoms with E-state index < -0.39 is 17.7 Å². The van der Waals surface area contributed by atoms with Crippen LogP contribution in [0.5, 0.6) is 0 Å². The molecule has 1 aliphatic rings. The topological polar surface area (TPSA) is 62.6 Å². The van der Waals surface area contributed by atoms with Crippen molar-refractivity contribution < 1.29 is 13.6 Å². The van der Waals surface area contributed by atoms with Gasteiger partial charge in [0.1, 0.15) is 17.3 Å². The molecule has 0 bridgehead atoms. The summed E-state index contributed by atoms with van der Waals surface area (Å²) in [5.41, 5.74) is 0.492. The Bertz CT molecular complexity index is 735. The number of alkyl halides is 1. The van der Waals surface area contributed by atoms with Crippen LogP contribution in [0, 0.1) is 0 Å². The Morgan fingerprint density at radius 1 is 1.40 bits per heavy atom. The average molecular weight is 276 g/mol. The van der Waals surface area contributed by atoms with Gasteiger partial charge in [-0.3, -0.25) is 4.79 Å². The molecule has 104 valence electrons. The van der Waals surface area contributed by atoms with Gasteiger partial charge in [-0.25, -0.2) is 9.18 Å². The van der Waals surface area contributed by atoms with Crippen LogP contribution >= 0.6 is 0 Å². The van der Waals surface area contributed by atoms with Gasteiger partial charge < -0.3 is 14.6 Å². The maximum absolute atomic E-state index is 12.9. The molecule has 0 aliphatic carbocycles. The van der Waals surface area contributed by atoms with E-state index in [2.05, 4.69) is 5.32 Å². The van der Waals surface area contributed by atoms with E-state index in [0.29, 0.717) is 24.1 Å². The highest BCUT2D eigenvalue weighted by Crippen LogP contribution is 2.26. The fourth-order valence-corrected chi connectivity index (χ4v) is 2.23. The molecule has 1 N–H and O–H groups in total. The van der Waals surface area contributed by atoms with Crippen molar-refractivity contribution in [3.05, 3.63) is 40.2 Å². The number of fused-ring (bicyclic) bond motifs is 1. The van der Waals surface area contributed by atoms with Crippen molar-refractivity contribution in [2.75, 3.05) is 25.0 Å². The molecule has 6 heteroatoms. The summed E-state index contributed by atoms with van der Waals surface area (Å²) in [6, 6.07) is 6.77. The Kier molecular flexibility index (Phi) is 2.93. The summed E-state index contributed by atoms with van der Waals surface area (Å²) in [7, 11) is 1.45. The fourth-order valence-electron chi connectivity index (χ4n) is 2.23. The van der Waals surface area contributed by atoms with E-state index in [1.165, 1.54) is 13.1 Å². The largest absolute Gasteiger partial charge is 0.422 e. The zero-order chi connectivity index (χ0) is 14.3. The molecule has 2 aromatic rings. The van der Waals surface area contributed by atoms with Crippen LogP contribution in [0.25, 0.3) is 11.0 Å². The minimum Gasteiger partial charge on any atom is -0.422 e. The van der Waals surface area contributed by atoms with Gasteiger partial charge in [0.2, 0.25) is 0 Å². The molecule has 2 heterocycles. The number of carbonyl (C=O) groups excluding carboxylic acids is 1. The summed E-state index contributed by atoms with van der Waals surface area (Å²) in [6.07, 6.45) is -0.798. The summed E-state index contributed by atoms with van der Waals surface area (Å²) in [5, 5.41) is 3.05. The van der Waals surface area contributed by atoms with Crippen molar-refractivity contribution in [3.63, 3.8) is 0 Å². The zero-order valence-electron chi connectivity index (χ0n) is 10.9. The van der Waals surface area contributed by atoms with E-state index in [1.807, 2.05) is 11.0 Å². The van der Waals surface area contributed by atoms with Crippen molar-refractivity contribution in [3.8, 4) is 0 Å². The number of benzene rings is 1. The molecule has 1 aliphatic heterocycles. The molecule has 3 rings (SSSR count). The summed E-state index contributed by atoms with van der Waals surface area (Å²) in [4.78, 5) is 25.1. The average Bonchev–Trinajstić information content (AvgIpc) is 2.41. The van der Waals surface area contributed by atoms with Crippen LogP contribution in [-0.2, 0) is 0 Å². The first-order valence-electron chi connectivity index (χ1n) is 6.27. The van der Waals surface area contributed by atoms with Gasteiger partial charge >= 0.3 is 5.63 Å². The van der Waals surface area contributed by atoms with E-state index in [9.17, 15) is 14.0 Å². The zero-order valence-corrected chi connectivity index (χ0v) is 10.9. The minimum absolute atomic E-state index is 0.0273. The summed E-state index contributed by atoms with van der Waals surface area (Å²) in [6.45, 7) is 0.706. The van der Waals surface area contributed by atoms with Gasteiger partial charge in [-0.15, -0.1) is 0 Å².